The molecule has 0 radical (unpaired) electrons. The molecule has 1 N–H and O–H groups in total. The lowest BCUT2D eigenvalue weighted by Gasteiger charge is -2.11. The lowest BCUT2D eigenvalue weighted by Crippen LogP contribution is -2.13. The SMILES string of the molecule is O=C(OCc1ccccc1)c1cccc2cc(NS(=O)(=O)c3cc(Cl)cc(Cl)c3)ccc12. The Morgan fingerprint density at radius 1 is 0.844 bits per heavy atom. The van der Waals surface area contributed by atoms with Gasteiger partial charge in [-0.15, -0.1) is 0 Å². The summed E-state index contributed by atoms with van der Waals surface area (Å²) in [5.41, 5.74) is 1.62. The van der Waals surface area contributed by atoms with Gasteiger partial charge in [-0.05, 0) is 52.7 Å². The molecule has 4 aromatic carbocycles. The lowest BCUT2D eigenvalue weighted by molar-refractivity contribution is 0.0475. The molecule has 0 amide bonds. The fourth-order valence-corrected chi connectivity index (χ4v) is 5.00. The van der Waals surface area contributed by atoms with Crippen LogP contribution in [0.2, 0.25) is 10.0 Å². The Bertz CT molecular complexity index is 1390. The molecule has 0 bridgehead atoms. The second kappa shape index (κ2) is 9.20. The van der Waals surface area contributed by atoms with Gasteiger partial charge in [-0.2, -0.15) is 0 Å². The number of hydrogen-bond acceptors (Lipinski definition) is 4. The highest BCUT2D eigenvalue weighted by Gasteiger charge is 2.17. The minimum atomic E-state index is -3.90. The van der Waals surface area contributed by atoms with Crippen LogP contribution in [-0.2, 0) is 21.4 Å². The Balaban J connectivity index is 1.58. The molecule has 0 aliphatic carbocycles. The molecule has 0 aliphatic heterocycles. The second-order valence-corrected chi connectivity index (χ2v) is 9.57. The van der Waals surface area contributed by atoms with Crippen LogP contribution in [0.5, 0.6) is 0 Å². The number of esters is 1. The minimum absolute atomic E-state index is 0.0478. The highest BCUT2D eigenvalue weighted by atomic mass is 35.5. The molecule has 0 heterocycles. The summed E-state index contributed by atoms with van der Waals surface area (Å²) in [7, 11) is -3.90. The van der Waals surface area contributed by atoms with E-state index in [4.69, 9.17) is 27.9 Å². The van der Waals surface area contributed by atoms with Crippen LogP contribution in [0.15, 0.2) is 89.8 Å². The number of sulfonamides is 1. The molecule has 0 fully saturated rings. The van der Waals surface area contributed by atoms with Gasteiger partial charge in [0.1, 0.15) is 6.61 Å². The van der Waals surface area contributed by atoms with Gasteiger partial charge in [-0.1, -0.05) is 71.7 Å². The zero-order chi connectivity index (χ0) is 22.7. The van der Waals surface area contributed by atoms with Crippen LogP contribution >= 0.6 is 23.2 Å². The number of fused-ring (bicyclic) bond motifs is 1. The van der Waals surface area contributed by atoms with E-state index in [9.17, 15) is 13.2 Å². The van der Waals surface area contributed by atoms with Gasteiger partial charge in [0.05, 0.1) is 10.5 Å². The fraction of sp³-hybridized carbons (Fsp3) is 0.0417. The number of benzene rings is 4. The number of anilines is 1. The van der Waals surface area contributed by atoms with Gasteiger partial charge in [0.2, 0.25) is 0 Å². The van der Waals surface area contributed by atoms with Gasteiger partial charge in [-0.25, -0.2) is 13.2 Å². The van der Waals surface area contributed by atoms with E-state index in [1.165, 1.54) is 18.2 Å². The predicted octanol–water partition coefficient (Wildman–Crippen LogP) is 6.30. The van der Waals surface area contributed by atoms with E-state index in [0.29, 0.717) is 22.0 Å². The van der Waals surface area contributed by atoms with Crippen LogP contribution in [0.4, 0.5) is 5.69 Å². The van der Waals surface area contributed by atoms with Crippen molar-refractivity contribution in [2.24, 2.45) is 0 Å². The van der Waals surface area contributed by atoms with E-state index in [-0.39, 0.29) is 21.5 Å². The van der Waals surface area contributed by atoms with Crippen molar-refractivity contribution >= 4 is 55.7 Å². The minimum Gasteiger partial charge on any atom is -0.457 e. The van der Waals surface area contributed by atoms with Crippen LogP contribution in [0, 0.1) is 0 Å². The highest BCUT2D eigenvalue weighted by molar-refractivity contribution is 7.92. The molecule has 0 saturated heterocycles. The fourth-order valence-electron chi connectivity index (χ4n) is 3.22. The molecule has 0 saturated carbocycles. The van der Waals surface area contributed by atoms with E-state index in [2.05, 4.69) is 4.72 Å². The zero-order valence-corrected chi connectivity index (χ0v) is 18.9. The number of rotatable bonds is 6. The van der Waals surface area contributed by atoms with Gasteiger partial charge >= 0.3 is 5.97 Å². The molecule has 0 atom stereocenters. The molecule has 0 unspecified atom stereocenters. The Hall–Kier alpha value is -3.06. The second-order valence-electron chi connectivity index (χ2n) is 7.01. The van der Waals surface area contributed by atoms with Crippen molar-refractivity contribution in [2.45, 2.75) is 11.5 Å². The monoisotopic (exact) mass is 485 g/mol. The zero-order valence-electron chi connectivity index (χ0n) is 16.6. The summed E-state index contributed by atoms with van der Waals surface area (Å²) in [6.07, 6.45) is 0. The largest absolute Gasteiger partial charge is 0.457 e. The first kappa shape index (κ1) is 22.1. The molecule has 0 spiro atoms. The smallest absolute Gasteiger partial charge is 0.339 e. The van der Waals surface area contributed by atoms with Gasteiger partial charge in [-0.3, -0.25) is 4.72 Å². The molecule has 5 nitrogen and oxygen atoms in total. The Labute approximate surface area is 195 Å². The van der Waals surface area contributed by atoms with E-state index in [0.717, 1.165) is 5.56 Å². The first-order chi connectivity index (χ1) is 15.3. The molecule has 0 aromatic heterocycles. The molecular formula is C24H17Cl2NO4S. The lowest BCUT2D eigenvalue weighted by atomic mass is 10.0. The number of ether oxygens (including phenoxy) is 1. The summed E-state index contributed by atoms with van der Waals surface area (Å²) in [4.78, 5) is 12.6. The summed E-state index contributed by atoms with van der Waals surface area (Å²) < 4.78 is 33.4. The van der Waals surface area contributed by atoms with Gasteiger partial charge in [0.25, 0.3) is 10.0 Å². The van der Waals surface area contributed by atoms with Crippen LogP contribution in [-0.4, -0.2) is 14.4 Å². The van der Waals surface area contributed by atoms with Crippen molar-refractivity contribution in [2.75, 3.05) is 4.72 Å². The van der Waals surface area contributed by atoms with Gasteiger partial charge in [0, 0.05) is 15.7 Å². The Morgan fingerprint density at radius 2 is 1.56 bits per heavy atom. The number of carbonyl (C=O) groups excluding carboxylic acids is 1. The van der Waals surface area contributed by atoms with Crippen molar-refractivity contribution in [3.8, 4) is 0 Å². The van der Waals surface area contributed by atoms with Crippen molar-refractivity contribution in [3.05, 3.63) is 106 Å². The summed E-state index contributed by atoms with van der Waals surface area (Å²) in [5, 5.41) is 1.77. The van der Waals surface area contributed by atoms with Crippen molar-refractivity contribution < 1.29 is 17.9 Å². The molecule has 4 aromatic rings. The van der Waals surface area contributed by atoms with E-state index >= 15 is 0 Å². The van der Waals surface area contributed by atoms with E-state index in [1.807, 2.05) is 30.3 Å². The summed E-state index contributed by atoms with van der Waals surface area (Å²) in [6, 6.07) is 23.6. The Morgan fingerprint density at radius 3 is 2.28 bits per heavy atom. The number of carbonyl (C=O) groups is 1. The average Bonchev–Trinajstić information content (AvgIpc) is 2.76. The third-order valence-electron chi connectivity index (χ3n) is 4.71. The van der Waals surface area contributed by atoms with E-state index < -0.39 is 16.0 Å². The first-order valence-electron chi connectivity index (χ1n) is 9.54. The third-order valence-corrected chi connectivity index (χ3v) is 6.51. The number of nitrogens with one attached hydrogen (secondary N) is 1. The maximum Gasteiger partial charge on any atom is 0.339 e. The average molecular weight is 486 g/mol. The molecule has 162 valence electrons. The van der Waals surface area contributed by atoms with Crippen molar-refractivity contribution in [1.29, 1.82) is 0 Å². The highest BCUT2D eigenvalue weighted by Crippen LogP contribution is 2.27. The number of hydrogen-bond donors (Lipinski definition) is 1. The maximum absolute atomic E-state index is 12.7. The summed E-state index contributed by atoms with van der Waals surface area (Å²) in [5.74, 6) is -0.457. The molecular weight excluding hydrogens is 469 g/mol. The third kappa shape index (κ3) is 5.05. The number of halogens is 2. The normalized spacial score (nSPS) is 11.3. The molecule has 32 heavy (non-hydrogen) atoms. The molecule has 0 aliphatic rings. The standard InChI is InChI=1S/C24H17Cl2NO4S/c25-18-12-19(26)14-21(13-18)32(29,30)27-20-9-10-22-17(11-20)7-4-8-23(22)24(28)31-15-16-5-2-1-3-6-16/h1-14,27H,15H2. The van der Waals surface area contributed by atoms with Crippen LogP contribution in [0.1, 0.15) is 15.9 Å². The van der Waals surface area contributed by atoms with Crippen molar-refractivity contribution in [1.82, 2.24) is 0 Å². The van der Waals surface area contributed by atoms with Crippen molar-refractivity contribution in [3.63, 3.8) is 0 Å². The van der Waals surface area contributed by atoms with Gasteiger partial charge < -0.3 is 4.74 Å². The maximum atomic E-state index is 12.7. The summed E-state index contributed by atoms with van der Waals surface area (Å²) in [6.45, 7) is 0.163. The van der Waals surface area contributed by atoms with Gasteiger partial charge in [0.15, 0.2) is 0 Å². The molecule has 8 heteroatoms. The topological polar surface area (TPSA) is 72.5 Å². The quantitative estimate of drug-likeness (QED) is 0.325. The van der Waals surface area contributed by atoms with Crippen LogP contribution in [0.3, 0.4) is 0 Å². The Kier molecular flexibility index (Phi) is 6.37. The van der Waals surface area contributed by atoms with Crippen LogP contribution < -0.4 is 4.72 Å². The summed E-state index contributed by atoms with van der Waals surface area (Å²) >= 11 is 11.9. The van der Waals surface area contributed by atoms with E-state index in [1.54, 1.807) is 36.4 Å². The first-order valence-corrected chi connectivity index (χ1v) is 11.8. The predicted molar refractivity (Wildman–Crippen MR) is 127 cm³/mol. The van der Waals surface area contributed by atoms with Crippen LogP contribution in [0.25, 0.3) is 10.8 Å². The molecule has 4 rings (SSSR count).